The quantitative estimate of drug-likeness (QED) is 0.694. The van der Waals surface area contributed by atoms with Gasteiger partial charge in [-0.15, -0.1) is 0 Å². The van der Waals surface area contributed by atoms with Crippen LogP contribution in [0.3, 0.4) is 0 Å². The van der Waals surface area contributed by atoms with Crippen LogP contribution in [0.2, 0.25) is 0 Å². The van der Waals surface area contributed by atoms with Gasteiger partial charge in [0.1, 0.15) is 17.4 Å². The Balaban J connectivity index is 1.60. The van der Waals surface area contributed by atoms with Gasteiger partial charge in [-0.2, -0.15) is 0 Å². The van der Waals surface area contributed by atoms with E-state index in [0.29, 0.717) is 18.8 Å². The molecule has 1 aromatic heterocycles. The predicted molar refractivity (Wildman–Crippen MR) is 97.7 cm³/mol. The Labute approximate surface area is 147 Å². The van der Waals surface area contributed by atoms with Gasteiger partial charge in [0.15, 0.2) is 0 Å². The summed E-state index contributed by atoms with van der Waals surface area (Å²) in [5.41, 5.74) is 1.99. The zero-order valence-corrected chi connectivity index (χ0v) is 14.1. The van der Waals surface area contributed by atoms with E-state index < -0.39 is 6.10 Å². The number of ether oxygens (including phenoxy) is 1. The number of hydrogen-bond donors (Lipinski definition) is 2. The number of aliphatic hydroxyl groups is 1. The minimum atomic E-state index is -0.626. The number of hydrogen-bond acceptors (Lipinski definition) is 5. The van der Waals surface area contributed by atoms with Crippen LogP contribution < -0.4 is 10.1 Å². The van der Waals surface area contributed by atoms with E-state index in [9.17, 15) is 5.11 Å². The van der Waals surface area contributed by atoms with E-state index in [-0.39, 0.29) is 0 Å². The van der Waals surface area contributed by atoms with Crippen molar-refractivity contribution in [3.8, 4) is 5.75 Å². The van der Waals surface area contributed by atoms with Crippen molar-refractivity contribution in [2.75, 3.05) is 19.0 Å². The second kappa shape index (κ2) is 8.26. The molecule has 1 heterocycles. The third-order valence-electron chi connectivity index (χ3n) is 3.89. The van der Waals surface area contributed by atoms with Crippen molar-refractivity contribution in [1.29, 1.82) is 0 Å². The fourth-order valence-electron chi connectivity index (χ4n) is 2.51. The van der Waals surface area contributed by atoms with E-state index in [1.54, 1.807) is 19.4 Å². The van der Waals surface area contributed by atoms with Crippen molar-refractivity contribution >= 4 is 5.82 Å². The molecule has 5 nitrogen and oxygen atoms in total. The van der Waals surface area contributed by atoms with Crippen LogP contribution in [0.15, 0.2) is 66.9 Å². The molecule has 0 saturated heterocycles. The van der Waals surface area contributed by atoms with Crippen molar-refractivity contribution in [2.24, 2.45) is 0 Å². The first-order valence-corrected chi connectivity index (χ1v) is 8.16. The standard InChI is InChI=1S/C20H21N3O2/c1-25-17-9-7-16(8-10-17)18(24)14-22-19-11-12-21-20(23-19)13-15-5-3-2-4-6-15/h2-12,18,24H,13-14H2,1H3,(H,21,22,23). The molecule has 0 aliphatic carbocycles. The molecule has 1 unspecified atom stereocenters. The fourth-order valence-corrected chi connectivity index (χ4v) is 2.51. The molecule has 0 amide bonds. The number of nitrogens with one attached hydrogen (secondary N) is 1. The van der Waals surface area contributed by atoms with E-state index in [4.69, 9.17) is 4.74 Å². The van der Waals surface area contributed by atoms with Gasteiger partial charge in [0.25, 0.3) is 0 Å². The maximum Gasteiger partial charge on any atom is 0.135 e. The summed E-state index contributed by atoms with van der Waals surface area (Å²) in [4.78, 5) is 8.82. The topological polar surface area (TPSA) is 67.3 Å². The Bertz CT molecular complexity index is 792. The molecule has 25 heavy (non-hydrogen) atoms. The summed E-state index contributed by atoms with van der Waals surface area (Å²) in [7, 11) is 1.62. The average Bonchev–Trinajstić information content (AvgIpc) is 2.67. The molecular weight excluding hydrogens is 314 g/mol. The van der Waals surface area contributed by atoms with E-state index in [2.05, 4.69) is 27.4 Å². The molecule has 0 bridgehead atoms. The molecule has 5 heteroatoms. The largest absolute Gasteiger partial charge is 0.497 e. The highest BCUT2D eigenvalue weighted by atomic mass is 16.5. The first kappa shape index (κ1) is 16.9. The smallest absolute Gasteiger partial charge is 0.135 e. The first-order valence-electron chi connectivity index (χ1n) is 8.16. The van der Waals surface area contributed by atoms with Gasteiger partial charge in [0.2, 0.25) is 0 Å². The van der Waals surface area contributed by atoms with Gasteiger partial charge in [-0.3, -0.25) is 0 Å². The molecule has 0 saturated carbocycles. The number of rotatable bonds is 7. The molecular formula is C20H21N3O2. The Kier molecular flexibility index (Phi) is 5.59. The van der Waals surface area contributed by atoms with E-state index in [1.807, 2.05) is 42.5 Å². The number of benzene rings is 2. The molecule has 0 aliphatic heterocycles. The van der Waals surface area contributed by atoms with Gasteiger partial charge in [-0.05, 0) is 29.3 Å². The Hall–Kier alpha value is -2.92. The highest BCUT2D eigenvalue weighted by Gasteiger charge is 2.08. The number of nitrogens with zero attached hydrogens (tertiary/aromatic N) is 2. The summed E-state index contributed by atoms with van der Waals surface area (Å²) < 4.78 is 5.13. The lowest BCUT2D eigenvalue weighted by Crippen LogP contribution is -2.13. The third kappa shape index (κ3) is 4.78. The van der Waals surface area contributed by atoms with E-state index in [1.165, 1.54) is 0 Å². The number of aliphatic hydroxyl groups excluding tert-OH is 1. The van der Waals surface area contributed by atoms with Crippen LogP contribution in [-0.2, 0) is 6.42 Å². The minimum absolute atomic E-state index is 0.369. The molecule has 3 aromatic rings. The zero-order chi connectivity index (χ0) is 17.5. The van der Waals surface area contributed by atoms with Gasteiger partial charge >= 0.3 is 0 Å². The lowest BCUT2D eigenvalue weighted by atomic mass is 10.1. The maximum absolute atomic E-state index is 10.3. The molecule has 0 aliphatic rings. The summed E-state index contributed by atoms with van der Waals surface area (Å²) >= 11 is 0. The van der Waals surface area contributed by atoms with Crippen molar-refractivity contribution < 1.29 is 9.84 Å². The average molecular weight is 335 g/mol. The molecule has 3 rings (SSSR count). The summed E-state index contributed by atoms with van der Waals surface area (Å²) in [5.74, 6) is 2.22. The van der Waals surface area contributed by atoms with Gasteiger partial charge in [-0.25, -0.2) is 9.97 Å². The van der Waals surface area contributed by atoms with Crippen molar-refractivity contribution in [3.05, 3.63) is 83.8 Å². The number of aromatic nitrogens is 2. The number of methoxy groups -OCH3 is 1. The van der Waals surface area contributed by atoms with E-state index in [0.717, 1.165) is 22.7 Å². The van der Waals surface area contributed by atoms with Crippen molar-refractivity contribution in [2.45, 2.75) is 12.5 Å². The first-order chi connectivity index (χ1) is 12.2. The van der Waals surface area contributed by atoms with Gasteiger partial charge < -0.3 is 15.2 Å². The molecule has 0 spiro atoms. The summed E-state index contributed by atoms with van der Waals surface area (Å²) in [6, 6.07) is 19.3. The van der Waals surface area contributed by atoms with Crippen LogP contribution in [0.4, 0.5) is 5.82 Å². The molecule has 0 fully saturated rings. The molecule has 0 radical (unpaired) electrons. The number of anilines is 1. The Morgan fingerprint density at radius 2 is 1.80 bits per heavy atom. The highest BCUT2D eigenvalue weighted by Crippen LogP contribution is 2.18. The maximum atomic E-state index is 10.3. The normalized spacial score (nSPS) is 11.8. The zero-order valence-electron chi connectivity index (χ0n) is 14.1. The van der Waals surface area contributed by atoms with Crippen LogP contribution >= 0.6 is 0 Å². The summed E-state index contributed by atoms with van der Waals surface area (Å²) in [6.07, 6.45) is 1.78. The van der Waals surface area contributed by atoms with Gasteiger partial charge in [-0.1, -0.05) is 42.5 Å². The monoisotopic (exact) mass is 335 g/mol. The van der Waals surface area contributed by atoms with Crippen LogP contribution in [0.1, 0.15) is 23.1 Å². The second-order valence-electron chi connectivity index (χ2n) is 5.69. The summed E-state index contributed by atoms with van der Waals surface area (Å²) in [6.45, 7) is 0.369. The summed E-state index contributed by atoms with van der Waals surface area (Å²) in [5, 5.41) is 13.5. The second-order valence-corrected chi connectivity index (χ2v) is 5.69. The fraction of sp³-hybridized carbons (Fsp3) is 0.200. The van der Waals surface area contributed by atoms with E-state index >= 15 is 0 Å². The molecule has 2 N–H and O–H groups in total. The van der Waals surface area contributed by atoms with Crippen LogP contribution in [0.5, 0.6) is 5.75 Å². The third-order valence-corrected chi connectivity index (χ3v) is 3.89. The van der Waals surface area contributed by atoms with Crippen LogP contribution in [0.25, 0.3) is 0 Å². The van der Waals surface area contributed by atoms with Crippen molar-refractivity contribution in [1.82, 2.24) is 9.97 Å². The minimum Gasteiger partial charge on any atom is -0.497 e. The lowest BCUT2D eigenvalue weighted by molar-refractivity contribution is 0.191. The lowest BCUT2D eigenvalue weighted by Gasteiger charge is -2.13. The molecule has 1 atom stereocenters. The van der Waals surface area contributed by atoms with Crippen molar-refractivity contribution in [3.63, 3.8) is 0 Å². The highest BCUT2D eigenvalue weighted by molar-refractivity contribution is 5.35. The Morgan fingerprint density at radius 3 is 2.52 bits per heavy atom. The Morgan fingerprint density at radius 1 is 1.04 bits per heavy atom. The SMILES string of the molecule is COc1ccc(C(O)CNc2ccnc(Cc3ccccc3)n2)cc1. The van der Waals surface area contributed by atoms with Gasteiger partial charge in [0.05, 0.1) is 13.2 Å². The van der Waals surface area contributed by atoms with Crippen LogP contribution in [-0.4, -0.2) is 28.7 Å². The molecule has 128 valence electrons. The predicted octanol–water partition coefficient (Wildman–Crippen LogP) is 3.22. The van der Waals surface area contributed by atoms with Gasteiger partial charge in [0, 0.05) is 19.2 Å². The molecule has 2 aromatic carbocycles. The van der Waals surface area contributed by atoms with Crippen LogP contribution in [0, 0.1) is 0 Å².